The quantitative estimate of drug-likeness (QED) is 0.774. The number of hydrogen-bond acceptors (Lipinski definition) is 3. The maximum atomic E-state index is 5.77. The Morgan fingerprint density at radius 2 is 1.89 bits per heavy atom. The highest BCUT2D eigenvalue weighted by Crippen LogP contribution is 2.35. The standard InChI is InChI=1S/C16H29NO2/c1-13(2)5-4-6-14(3)17-15-7-9-16(10-8-15)18-11-12-19-16/h5,14-15,17H,4,6-12H2,1-3H3/t14-/m1/s1. The average Bonchev–Trinajstić information content (AvgIpc) is 2.81. The average molecular weight is 267 g/mol. The van der Waals surface area contributed by atoms with Gasteiger partial charge in [-0.1, -0.05) is 11.6 Å². The topological polar surface area (TPSA) is 30.5 Å². The van der Waals surface area contributed by atoms with Gasteiger partial charge in [0.25, 0.3) is 0 Å². The highest BCUT2D eigenvalue weighted by molar-refractivity contribution is 4.93. The molecule has 0 radical (unpaired) electrons. The Labute approximate surface area is 117 Å². The lowest BCUT2D eigenvalue weighted by molar-refractivity contribution is -0.179. The van der Waals surface area contributed by atoms with Gasteiger partial charge >= 0.3 is 0 Å². The molecule has 2 rings (SSSR count). The summed E-state index contributed by atoms with van der Waals surface area (Å²) in [6.07, 6.45) is 9.17. The van der Waals surface area contributed by atoms with E-state index in [9.17, 15) is 0 Å². The molecule has 0 amide bonds. The van der Waals surface area contributed by atoms with Crippen molar-refractivity contribution in [3.05, 3.63) is 11.6 Å². The molecule has 0 aromatic rings. The van der Waals surface area contributed by atoms with Gasteiger partial charge in [0.15, 0.2) is 5.79 Å². The fraction of sp³-hybridized carbons (Fsp3) is 0.875. The Morgan fingerprint density at radius 1 is 1.26 bits per heavy atom. The zero-order valence-electron chi connectivity index (χ0n) is 12.7. The number of nitrogens with one attached hydrogen (secondary N) is 1. The predicted octanol–water partition coefficient (Wildman–Crippen LogP) is 3.40. The van der Waals surface area contributed by atoms with E-state index in [1.54, 1.807) is 0 Å². The highest BCUT2D eigenvalue weighted by Gasteiger charge is 2.40. The molecule has 1 aliphatic carbocycles. The molecule has 0 unspecified atom stereocenters. The van der Waals surface area contributed by atoms with Gasteiger partial charge in [-0.3, -0.25) is 0 Å². The molecule has 2 aliphatic rings. The van der Waals surface area contributed by atoms with E-state index >= 15 is 0 Å². The Morgan fingerprint density at radius 3 is 2.47 bits per heavy atom. The van der Waals surface area contributed by atoms with E-state index in [1.165, 1.54) is 31.3 Å². The normalized spacial score (nSPS) is 24.6. The lowest BCUT2D eigenvalue weighted by Gasteiger charge is -2.36. The maximum absolute atomic E-state index is 5.77. The van der Waals surface area contributed by atoms with Crippen LogP contribution in [0.25, 0.3) is 0 Å². The molecule has 1 spiro atoms. The van der Waals surface area contributed by atoms with Crippen LogP contribution in [0.3, 0.4) is 0 Å². The summed E-state index contributed by atoms with van der Waals surface area (Å²) in [5.41, 5.74) is 1.42. The van der Waals surface area contributed by atoms with Crippen molar-refractivity contribution in [2.24, 2.45) is 0 Å². The summed E-state index contributed by atoms with van der Waals surface area (Å²) in [6, 6.07) is 1.24. The first-order chi connectivity index (χ1) is 9.10. The van der Waals surface area contributed by atoms with Crippen molar-refractivity contribution in [2.45, 2.75) is 77.2 Å². The van der Waals surface area contributed by atoms with Gasteiger partial charge < -0.3 is 14.8 Å². The summed E-state index contributed by atoms with van der Waals surface area (Å²) in [5, 5.41) is 3.76. The van der Waals surface area contributed by atoms with Gasteiger partial charge in [0.1, 0.15) is 0 Å². The van der Waals surface area contributed by atoms with Crippen LogP contribution in [0, 0.1) is 0 Å². The Balaban J connectivity index is 1.66. The molecule has 1 atom stereocenters. The van der Waals surface area contributed by atoms with Crippen molar-refractivity contribution in [3.8, 4) is 0 Å². The monoisotopic (exact) mass is 267 g/mol. The molecular formula is C16H29NO2. The zero-order chi connectivity index (χ0) is 13.7. The lowest BCUT2D eigenvalue weighted by atomic mass is 9.89. The molecular weight excluding hydrogens is 238 g/mol. The van der Waals surface area contributed by atoms with Gasteiger partial charge in [-0.25, -0.2) is 0 Å². The predicted molar refractivity (Wildman–Crippen MR) is 78.2 cm³/mol. The Kier molecular flexibility index (Phi) is 5.43. The third-order valence-electron chi connectivity index (χ3n) is 4.23. The number of allylic oxidation sites excluding steroid dienone is 2. The SMILES string of the molecule is CC(C)=CCC[C@@H](C)NC1CCC2(CC1)OCCO2. The molecule has 0 bridgehead atoms. The molecule has 3 heteroatoms. The molecule has 19 heavy (non-hydrogen) atoms. The van der Waals surface area contributed by atoms with Crippen molar-refractivity contribution in [2.75, 3.05) is 13.2 Å². The first kappa shape index (κ1) is 15.0. The zero-order valence-corrected chi connectivity index (χ0v) is 12.7. The molecule has 110 valence electrons. The largest absolute Gasteiger partial charge is 0.348 e. The van der Waals surface area contributed by atoms with Crippen LogP contribution in [0.2, 0.25) is 0 Å². The third kappa shape index (κ3) is 4.59. The number of ether oxygens (including phenoxy) is 2. The number of hydrogen-bond donors (Lipinski definition) is 1. The molecule has 1 aliphatic heterocycles. The molecule has 1 saturated heterocycles. The van der Waals surface area contributed by atoms with Gasteiger partial charge in [-0.15, -0.1) is 0 Å². The van der Waals surface area contributed by atoms with Crippen LogP contribution in [-0.2, 0) is 9.47 Å². The molecule has 0 aromatic carbocycles. The van der Waals surface area contributed by atoms with E-state index in [-0.39, 0.29) is 5.79 Å². The lowest BCUT2D eigenvalue weighted by Crippen LogP contribution is -2.44. The van der Waals surface area contributed by atoms with Gasteiger partial charge in [0.05, 0.1) is 13.2 Å². The highest BCUT2D eigenvalue weighted by atomic mass is 16.7. The van der Waals surface area contributed by atoms with E-state index in [0.29, 0.717) is 12.1 Å². The van der Waals surface area contributed by atoms with Crippen LogP contribution >= 0.6 is 0 Å². The van der Waals surface area contributed by atoms with Crippen LogP contribution in [0.4, 0.5) is 0 Å². The van der Waals surface area contributed by atoms with Gasteiger partial charge in [-0.05, 0) is 46.5 Å². The second kappa shape index (κ2) is 6.87. The first-order valence-corrected chi connectivity index (χ1v) is 7.77. The minimum Gasteiger partial charge on any atom is -0.348 e. The molecule has 1 N–H and O–H groups in total. The van der Waals surface area contributed by atoms with Gasteiger partial charge in [0.2, 0.25) is 0 Å². The first-order valence-electron chi connectivity index (χ1n) is 7.77. The van der Waals surface area contributed by atoms with Crippen molar-refractivity contribution < 1.29 is 9.47 Å². The van der Waals surface area contributed by atoms with Crippen LogP contribution in [0.15, 0.2) is 11.6 Å². The van der Waals surface area contributed by atoms with E-state index in [1.807, 2.05) is 0 Å². The minimum absolute atomic E-state index is 0.219. The van der Waals surface area contributed by atoms with Crippen LogP contribution in [0.5, 0.6) is 0 Å². The fourth-order valence-electron chi connectivity index (χ4n) is 3.12. The molecule has 1 heterocycles. The van der Waals surface area contributed by atoms with E-state index in [0.717, 1.165) is 26.1 Å². The summed E-state index contributed by atoms with van der Waals surface area (Å²) >= 11 is 0. The summed E-state index contributed by atoms with van der Waals surface area (Å²) < 4.78 is 11.5. The summed E-state index contributed by atoms with van der Waals surface area (Å²) in [4.78, 5) is 0. The van der Waals surface area contributed by atoms with Crippen LogP contribution < -0.4 is 5.32 Å². The van der Waals surface area contributed by atoms with Crippen molar-refractivity contribution >= 4 is 0 Å². The molecule has 3 nitrogen and oxygen atoms in total. The third-order valence-corrected chi connectivity index (χ3v) is 4.23. The van der Waals surface area contributed by atoms with E-state index < -0.39 is 0 Å². The van der Waals surface area contributed by atoms with Crippen LogP contribution in [0.1, 0.15) is 59.3 Å². The molecule has 2 fully saturated rings. The van der Waals surface area contributed by atoms with E-state index in [2.05, 4.69) is 32.2 Å². The van der Waals surface area contributed by atoms with Crippen molar-refractivity contribution in [1.29, 1.82) is 0 Å². The van der Waals surface area contributed by atoms with Gasteiger partial charge in [-0.2, -0.15) is 0 Å². The summed E-state index contributed by atoms with van der Waals surface area (Å²) in [6.45, 7) is 8.18. The smallest absolute Gasteiger partial charge is 0.168 e. The fourth-order valence-corrected chi connectivity index (χ4v) is 3.12. The molecule has 1 saturated carbocycles. The van der Waals surface area contributed by atoms with Gasteiger partial charge in [0, 0.05) is 24.9 Å². The second-order valence-electron chi connectivity index (χ2n) is 6.31. The number of rotatable bonds is 5. The summed E-state index contributed by atoms with van der Waals surface area (Å²) in [7, 11) is 0. The van der Waals surface area contributed by atoms with Crippen molar-refractivity contribution in [3.63, 3.8) is 0 Å². The maximum Gasteiger partial charge on any atom is 0.168 e. The Hall–Kier alpha value is -0.380. The Bertz CT molecular complexity index is 294. The summed E-state index contributed by atoms with van der Waals surface area (Å²) in [5.74, 6) is -0.219. The van der Waals surface area contributed by atoms with Crippen molar-refractivity contribution in [1.82, 2.24) is 5.32 Å². The molecule has 0 aromatic heterocycles. The second-order valence-corrected chi connectivity index (χ2v) is 6.31. The van der Waals surface area contributed by atoms with E-state index in [4.69, 9.17) is 9.47 Å². The minimum atomic E-state index is -0.219. The van der Waals surface area contributed by atoms with Crippen LogP contribution in [-0.4, -0.2) is 31.1 Å².